The number of ether oxygens (including phenoxy) is 1. The maximum Gasteiger partial charge on any atom is 0.179 e. The lowest BCUT2D eigenvalue weighted by Gasteiger charge is -2.11. The lowest BCUT2D eigenvalue weighted by molar-refractivity contribution is 0.271. The van der Waals surface area contributed by atoms with E-state index in [1.807, 2.05) is 24.3 Å². The topological polar surface area (TPSA) is 68.3 Å². The van der Waals surface area contributed by atoms with E-state index < -0.39 is 9.84 Å². The third kappa shape index (κ3) is 5.25. The molecule has 1 aromatic carbocycles. The van der Waals surface area contributed by atoms with Crippen molar-refractivity contribution in [3.8, 4) is 5.75 Å². The van der Waals surface area contributed by atoms with Crippen LogP contribution in [0, 0.1) is 5.92 Å². The quantitative estimate of drug-likeness (QED) is 0.842. The summed E-state index contributed by atoms with van der Waals surface area (Å²) in [7, 11) is -3.31. The highest BCUT2D eigenvalue weighted by atomic mass is 32.2. The zero-order valence-electron chi connectivity index (χ0n) is 13.6. The van der Waals surface area contributed by atoms with Gasteiger partial charge in [0.15, 0.2) is 9.84 Å². The largest absolute Gasteiger partial charge is 0.493 e. The Morgan fingerprint density at radius 1 is 1.17 bits per heavy atom. The van der Waals surface area contributed by atoms with Crippen LogP contribution in [0.25, 0.3) is 0 Å². The molecule has 23 heavy (non-hydrogen) atoms. The van der Waals surface area contributed by atoms with E-state index in [1.54, 1.807) is 18.3 Å². The molecule has 5 nitrogen and oxygen atoms in total. The Morgan fingerprint density at radius 2 is 1.87 bits per heavy atom. The number of nitrogens with one attached hydrogen (secondary N) is 1. The van der Waals surface area contributed by atoms with E-state index in [2.05, 4.69) is 24.1 Å². The number of pyridine rings is 1. The van der Waals surface area contributed by atoms with Crippen LogP contribution in [0.5, 0.6) is 5.75 Å². The van der Waals surface area contributed by atoms with Gasteiger partial charge in [-0.15, -0.1) is 0 Å². The first kappa shape index (κ1) is 17.3. The molecule has 0 saturated carbocycles. The van der Waals surface area contributed by atoms with E-state index in [4.69, 9.17) is 4.74 Å². The van der Waals surface area contributed by atoms with Crippen molar-refractivity contribution < 1.29 is 13.2 Å². The summed E-state index contributed by atoms with van der Waals surface area (Å²) in [6, 6.07) is 10.9. The maximum absolute atomic E-state index is 11.7. The predicted molar refractivity (Wildman–Crippen MR) is 91.4 cm³/mol. The van der Waals surface area contributed by atoms with Gasteiger partial charge >= 0.3 is 0 Å². The zero-order valence-corrected chi connectivity index (χ0v) is 14.4. The highest BCUT2D eigenvalue weighted by molar-refractivity contribution is 7.90. The van der Waals surface area contributed by atoms with Gasteiger partial charge in [0.1, 0.15) is 16.5 Å². The van der Waals surface area contributed by atoms with E-state index >= 15 is 0 Å². The number of nitrogens with zero attached hydrogens (tertiary/aromatic N) is 1. The average Bonchev–Trinajstić information content (AvgIpc) is 2.51. The SMILES string of the molecule is CC(C)COc1ccc(CNc2ncccc2S(C)(=O)=O)cc1. The van der Waals surface area contributed by atoms with Crippen LogP contribution < -0.4 is 10.1 Å². The first-order chi connectivity index (χ1) is 10.9. The number of sulfone groups is 1. The van der Waals surface area contributed by atoms with Gasteiger partial charge in [0, 0.05) is 19.0 Å². The molecular weight excluding hydrogens is 312 g/mol. The van der Waals surface area contributed by atoms with Crippen LogP contribution in [0.1, 0.15) is 19.4 Å². The molecule has 124 valence electrons. The molecule has 0 fully saturated rings. The molecule has 1 heterocycles. The Balaban J connectivity index is 2.02. The van der Waals surface area contributed by atoms with Gasteiger partial charge in [0.25, 0.3) is 0 Å². The summed E-state index contributed by atoms with van der Waals surface area (Å²) in [6.45, 7) is 5.38. The van der Waals surface area contributed by atoms with Crippen molar-refractivity contribution in [1.82, 2.24) is 4.98 Å². The number of anilines is 1. The second-order valence-electron chi connectivity index (χ2n) is 5.82. The monoisotopic (exact) mass is 334 g/mol. The molecule has 0 atom stereocenters. The lowest BCUT2D eigenvalue weighted by Crippen LogP contribution is -2.08. The molecule has 0 aliphatic rings. The predicted octanol–water partition coefficient (Wildman–Crippen LogP) is 3.13. The van der Waals surface area contributed by atoms with Gasteiger partial charge in [0.2, 0.25) is 0 Å². The maximum atomic E-state index is 11.7. The first-order valence-electron chi connectivity index (χ1n) is 7.47. The normalized spacial score (nSPS) is 11.5. The molecule has 0 bridgehead atoms. The summed E-state index contributed by atoms with van der Waals surface area (Å²) in [5.74, 6) is 1.68. The second-order valence-corrected chi connectivity index (χ2v) is 7.81. The van der Waals surface area contributed by atoms with Crippen molar-refractivity contribution >= 4 is 15.7 Å². The molecule has 2 aromatic rings. The molecular formula is C17H22N2O3S. The van der Waals surface area contributed by atoms with Gasteiger partial charge in [-0.2, -0.15) is 0 Å². The minimum absolute atomic E-state index is 0.205. The fourth-order valence-electron chi connectivity index (χ4n) is 1.97. The number of rotatable bonds is 7. The van der Waals surface area contributed by atoms with E-state index in [0.717, 1.165) is 11.3 Å². The van der Waals surface area contributed by atoms with Gasteiger partial charge in [0.05, 0.1) is 6.61 Å². The van der Waals surface area contributed by atoms with Crippen molar-refractivity contribution in [3.63, 3.8) is 0 Å². The number of benzene rings is 1. The highest BCUT2D eigenvalue weighted by Crippen LogP contribution is 2.19. The third-order valence-electron chi connectivity index (χ3n) is 3.14. The lowest BCUT2D eigenvalue weighted by atomic mass is 10.2. The molecule has 0 amide bonds. The van der Waals surface area contributed by atoms with Crippen molar-refractivity contribution in [2.45, 2.75) is 25.3 Å². The van der Waals surface area contributed by atoms with Crippen LogP contribution in [-0.2, 0) is 16.4 Å². The highest BCUT2D eigenvalue weighted by Gasteiger charge is 2.13. The Labute approximate surface area is 137 Å². The summed E-state index contributed by atoms with van der Waals surface area (Å²) >= 11 is 0. The average molecular weight is 334 g/mol. The van der Waals surface area contributed by atoms with E-state index in [-0.39, 0.29) is 4.90 Å². The zero-order chi connectivity index (χ0) is 16.9. The summed E-state index contributed by atoms with van der Waals surface area (Å²) in [6.07, 6.45) is 2.75. The van der Waals surface area contributed by atoms with Gasteiger partial charge in [-0.25, -0.2) is 13.4 Å². The fraction of sp³-hybridized carbons (Fsp3) is 0.353. The smallest absolute Gasteiger partial charge is 0.179 e. The molecule has 0 spiro atoms. The fourth-order valence-corrected chi connectivity index (χ4v) is 2.78. The van der Waals surface area contributed by atoms with Crippen LogP contribution in [0.15, 0.2) is 47.5 Å². The van der Waals surface area contributed by atoms with Crippen LogP contribution in [0.3, 0.4) is 0 Å². The van der Waals surface area contributed by atoms with E-state index in [1.165, 1.54) is 6.26 Å². The van der Waals surface area contributed by atoms with Crippen molar-refractivity contribution in [3.05, 3.63) is 48.2 Å². The number of hydrogen-bond acceptors (Lipinski definition) is 5. The Kier molecular flexibility index (Phi) is 5.60. The Hall–Kier alpha value is -2.08. The number of aromatic nitrogens is 1. The van der Waals surface area contributed by atoms with Crippen LogP contribution in [0.4, 0.5) is 5.82 Å². The Morgan fingerprint density at radius 3 is 2.48 bits per heavy atom. The van der Waals surface area contributed by atoms with Crippen molar-refractivity contribution in [2.24, 2.45) is 5.92 Å². The van der Waals surface area contributed by atoms with Gasteiger partial charge < -0.3 is 10.1 Å². The number of hydrogen-bond donors (Lipinski definition) is 1. The molecule has 0 aliphatic carbocycles. The molecule has 0 saturated heterocycles. The summed E-state index contributed by atoms with van der Waals surface area (Å²) < 4.78 is 29.1. The molecule has 0 aliphatic heterocycles. The Bertz CT molecular complexity index is 741. The molecule has 0 unspecified atom stereocenters. The van der Waals surface area contributed by atoms with Crippen LogP contribution in [-0.4, -0.2) is 26.3 Å². The third-order valence-corrected chi connectivity index (χ3v) is 4.27. The standard InChI is InChI=1S/C17H22N2O3S/c1-13(2)12-22-15-8-6-14(7-9-15)11-19-17-16(23(3,20)21)5-4-10-18-17/h4-10,13H,11-12H2,1-3H3,(H,18,19). The minimum atomic E-state index is -3.31. The van der Waals surface area contributed by atoms with E-state index in [0.29, 0.717) is 24.9 Å². The van der Waals surface area contributed by atoms with Gasteiger partial charge in [-0.05, 0) is 35.7 Å². The minimum Gasteiger partial charge on any atom is -0.493 e. The van der Waals surface area contributed by atoms with Crippen molar-refractivity contribution in [2.75, 3.05) is 18.2 Å². The molecule has 6 heteroatoms. The van der Waals surface area contributed by atoms with E-state index in [9.17, 15) is 8.42 Å². The summed E-state index contributed by atoms with van der Waals surface area (Å²) in [5, 5.41) is 3.07. The molecule has 1 aromatic heterocycles. The summed E-state index contributed by atoms with van der Waals surface area (Å²) in [4.78, 5) is 4.32. The molecule has 0 radical (unpaired) electrons. The van der Waals surface area contributed by atoms with Crippen molar-refractivity contribution in [1.29, 1.82) is 0 Å². The van der Waals surface area contributed by atoms with Gasteiger partial charge in [-0.3, -0.25) is 0 Å². The second kappa shape index (κ2) is 7.46. The summed E-state index contributed by atoms with van der Waals surface area (Å²) in [5.41, 5.74) is 1.02. The van der Waals surface area contributed by atoms with Crippen LogP contribution >= 0.6 is 0 Å². The molecule has 1 N–H and O–H groups in total. The van der Waals surface area contributed by atoms with Gasteiger partial charge in [-0.1, -0.05) is 26.0 Å². The van der Waals surface area contributed by atoms with Crippen LogP contribution in [0.2, 0.25) is 0 Å². The molecule has 2 rings (SSSR count). The first-order valence-corrected chi connectivity index (χ1v) is 9.36.